The summed E-state index contributed by atoms with van der Waals surface area (Å²) in [6, 6.07) is 8.83. The normalized spacial score (nSPS) is 21.9. The van der Waals surface area contributed by atoms with Gasteiger partial charge in [0.05, 0.1) is 6.10 Å². The van der Waals surface area contributed by atoms with Crippen LogP contribution in [0.3, 0.4) is 0 Å². The van der Waals surface area contributed by atoms with E-state index in [-0.39, 0.29) is 18.2 Å². The van der Waals surface area contributed by atoms with Crippen LogP contribution >= 0.6 is 0 Å². The van der Waals surface area contributed by atoms with E-state index in [1.54, 1.807) is 0 Å². The molecule has 2 aliphatic rings. The summed E-state index contributed by atoms with van der Waals surface area (Å²) in [5.74, 6) is 0. The van der Waals surface area contributed by atoms with Crippen molar-refractivity contribution in [2.75, 3.05) is 50.8 Å². The number of aryl methyl sites for hydroxylation is 1. The summed E-state index contributed by atoms with van der Waals surface area (Å²) in [7, 11) is 0. The van der Waals surface area contributed by atoms with Crippen LogP contribution in [0.1, 0.15) is 31.7 Å². The number of carbonyl (C=O) groups is 1. The third-order valence-electron chi connectivity index (χ3n) is 5.51. The van der Waals surface area contributed by atoms with E-state index in [1.165, 1.54) is 11.3 Å². The molecule has 1 aromatic rings. The van der Waals surface area contributed by atoms with Crippen LogP contribution in [0, 0.1) is 6.92 Å². The Morgan fingerprint density at radius 3 is 2.81 bits per heavy atom. The third kappa shape index (κ3) is 6.40. The molecule has 0 spiro atoms. The minimum Gasteiger partial charge on any atom is -0.376 e. The monoisotopic (exact) mass is 374 g/mol. The Morgan fingerprint density at radius 2 is 2.11 bits per heavy atom. The summed E-state index contributed by atoms with van der Waals surface area (Å²) in [6.45, 7) is 11.0. The highest BCUT2D eigenvalue weighted by molar-refractivity contribution is 5.74. The first kappa shape index (κ1) is 20.0. The number of carbonyl (C=O) groups excluding carboxylic acids is 1. The minimum absolute atomic E-state index is 0.0812. The van der Waals surface area contributed by atoms with Crippen LogP contribution in [-0.2, 0) is 4.74 Å². The van der Waals surface area contributed by atoms with Gasteiger partial charge in [-0.2, -0.15) is 0 Å². The van der Waals surface area contributed by atoms with Gasteiger partial charge in [0.2, 0.25) is 0 Å². The van der Waals surface area contributed by atoms with E-state index in [4.69, 9.17) is 4.74 Å². The third-order valence-corrected chi connectivity index (χ3v) is 5.51. The summed E-state index contributed by atoms with van der Waals surface area (Å²) in [6.07, 6.45) is 3.31. The van der Waals surface area contributed by atoms with Crippen molar-refractivity contribution in [1.82, 2.24) is 15.5 Å². The van der Waals surface area contributed by atoms with E-state index < -0.39 is 0 Å². The Bertz CT molecular complexity index is 596. The molecule has 2 atom stereocenters. The number of anilines is 1. The molecule has 2 unspecified atom stereocenters. The number of nitrogens with one attached hydrogen (secondary N) is 2. The first-order valence-electron chi connectivity index (χ1n) is 10.3. The topological polar surface area (TPSA) is 56.8 Å². The van der Waals surface area contributed by atoms with E-state index in [2.05, 4.69) is 58.5 Å². The van der Waals surface area contributed by atoms with Crippen molar-refractivity contribution < 1.29 is 9.53 Å². The van der Waals surface area contributed by atoms with Crippen LogP contribution in [0.15, 0.2) is 24.3 Å². The van der Waals surface area contributed by atoms with Crippen LogP contribution in [0.25, 0.3) is 0 Å². The molecule has 150 valence electrons. The number of urea groups is 1. The Morgan fingerprint density at radius 1 is 1.30 bits per heavy atom. The lowest BCUT2D eigenvalue weighted by Gasteiger charge is -2.36. The fraction of sp³-hybridized carbons (Fsp3) is 0.667. The molecular formula is C21H34N4O2. The van der Waals surface area contributed by atoms with Crippen molar-refractivity contribution in [1.29, 1.82) is 0 Å². The van der Waals surface area contributed by atoms with E-state index in [0.717, 1.165) is 58.6 Å². The highest BCUT2D eigenvalue weighted by Crippen LogP contribution is 2.18. The van der Waals surface area contributed by atoms with Gasteiger partial charge in [-0.1, -0.05) is 12.1 Å². The molecule has 27 heavy (non-hydrogen) atoms. The van der Waals surface area contributed by atoms with Crippen LogP contribution in [0.5, 0.6) is 0 Å². The molecule has 6 heteroatoms. The summed E-state index contributed by atoms with van der Waals surface area (Å²) >= 11 is 0. The fourth-order valence-corrected chi connectivity index (χ4v) is 3.79. The molecule has 2 N–H and O–H groups in total. The molecule has 6 nitrogen and oxygen atoms in total. The minimum atomic E-state index is -0.0812. The predicted octanol–water partition coefficient (Wildman–Crippen LogP) is 2.37. The summed E-state index contributed by atoms with van der Waals surface area (Å²) in [4.78, 5) is 16.9. The Hall–Kier alpha value is -1.79. The zero-order chi connectivity index (χ0) is 19.1. The van der Waals surface area contributed by atoms with Crippen molar-refractivity contribution in [2.24, 2.45) is 0 Å². The zero-order valence-corrected chi connectivity index (χ0v) is 16.7. The van der Waals surface area contributed by atoms with E-state index >= 15 is 0 Å². The van der Waals surface area contributed by atoms with Gasteiger partial charge in [-0.05, 0) is 50.8 Å². The molecule has 0 saturated carbocycles. The van der Waals surface area contributed by atoms with Gasteiger partial charge in [-0.25, -0.2) is 4.79 Å². The fourth-order valence-electron chi connectivity index (χ4n) is 3.79. The standard InChI is InChI=1S/C21H34N4O2/c1-17-5-3-6-19(15-17)25-12-10-24(11-13-25)9-8-18(2)23-21(26)22-16-20-7-4-14-27-20/h3,5-6,15,18,20H,4,7-14,16H2,1-2H3,(H2,22,23,26). The summed E-state index contributed by atoms with van der Waals surface area (Å²) in [5, 5.41) is 5.97. The molecule has 0 aliphatic carbocycles. The van der Waals surface area contributed by atoms with Crippen LogP contribution in [0.2, 0.25) is 0 Å². The first-order valence-corrected chi connectivity index (χ1v) is 10.3. The Labute approximate surface area is 163 Å². The van der Waals surface area contributed by atoms with E-state index in [0.29, 0.717) is 6.54 Å². The summed E-state index contributed by atoms with van der Waals surface area (Å²) in [5.41, 5.74) is 2.64. The number of amides is 2. The van der Waals surface area contributed by atoms with Gasteiger partial charge < -0.3 is 20.3 Å². The maximum absolute atomic E-state index is 12.0. The zero-order valence-electron chi connectivity index (χ0n) is 16.7. The van der Waals surface area contributed by atoms with Gasteiger partial charge in [0, 0.05) is 57.6 Å². The lowest BCUT2D eigenvalue weighted by Crippen LogP contribution is -2.48. The average molecular weight is 375 g/mol. The number of hydrogen-bond acceptors (Lipinski definition) is 4. The van der Waals surface area contributed by atoms with Crippen LogP contribution in [-0.4, -0.2) is 69.0 Å². The van der Waals surface area contributed by atoms with Crippen molar-refractivity contribution in [3.8, 4) is 0 Å². The van der Waals surface area contributed by atoms with Crippen molar-refractivity contribution in [2.45, 2.75) is 45.3 Å². The molecule has 2 amide bonds. The molecule has 0 radical (unpaired) electrons. The van der Waals surface area contributed by atoms with E-state index in [9.17, 15) is 4.79 Å². The number of benzene rings is 1. The number of nitrogens with zero attached hydrogens (tertiary/aromatic N) is 2. The second-order valence-corrected chi connectivity index (χ2v) is 7.85. The second kappa shape index (κ2) is 9.95. The van der Waals surface area contributed by atoms with Gasteiger partial charge in [0.15, 0.2) is 0 Å². The molecule has 3 rings (SSSR count). The van der Waals surface area contributed by atoms with Gasteiger partial charge in [0.25, 0.3) is 0 Å². The molecule has 2 fully saturated rings. The van der Waals surface area contributed by atoms with Crippen LogP contribution < -0.4 is 15.5 Å². The lowest BCUT2D eigenvalue weighted by atomic mass is 10.1. The quantitative estimate of drug-likeness (QED) is 0.769. The van der Waals surface area contributed by atoms with Crippen molar-refractivity contribution in [3.05, 3.63) is 29.8 Å². The number of piperazine rings is 1. The lowest BCUT2D eigenvalue weighted by molar-refractivity contribution is 0.111. The Balaban J connectivity index is 1.30. The SMILES string of the molecule is Cc1cccc(N2CCN(CCC(C)NC(=O)NCC3CCCO3)CC2)c1. The largest absolute Gasteiger partial charge is 0.376 e. The molecule has 1 aromatic carbocycles. The number of rotatable bonds is 7. The van der Waals surface area contributed by atoms with Crippen LogP contribution in [0.4, 0.5) is 10.5 Å². The first-order chi connectivity index (χ1) is 13.1. The van der Waals surface area contributed by atoms with Gasteiger partial charge in [-0.3, -0.25) is 4.90 Å². The maximum Gasteiger partial charge on any atom is 0.315 e. The maximum atomic E-state index is 12.0. The number of ether oxygens (including phenoxy) is 1. The van der Waals surface area contributed by atoms with Crippen molar-refractivity contribution >= 4 is 11.7 Å². The Kier molecular flexibility index (Phi) is 7.35. The van der Waals surface area contributed by atoms with Gasteiger partial charge in [-0.15, -0.1) is 0 Å². The predicted molar refractivity (Wildman–Crippen MR) is 109 cm³/mol. The molecule has 2 saturated heterocycles. The second-order valence-electron chi connectivity index (χ2n) is 7.85. The molecule has 2 aliphatic heterocycles. The van der Waals surface area contributed by atoms with Crippen molar-refractivity contribution in [3.63, 3.8) is 0 Å². The highest BCUT2D eigenvalue weighted by Gasteiger charge is 2.19. The number of hydrogen-bond donors (Lipinski definition) is 2. The highest BCUT2D eigenvalue weighted by atomic mass is 16.5. The molecule has 0 bridgehead atoms. The molecule has 2 heterocycles. The molecule has 0 aromatic heterocycles. The molecular weight excluding hydrogens is 340 g/mol. The smallest absolute Gasteiger partial charge is 0.315 e. The van der Waals surface area contributed by atoms with Gasteiger partial charge >= 0.3 is 6.03 Å². The average Bonchev–Trinajstić information content (AvgIpc) is 3.19. The summed E-state index contributed by atoms with van der Waals surface area (Å²) < 4.78 is 5.53. The van der Waals surface area contributed by atoms with E-state index in [1.807, 2.05) is 0 Å². The van der Waals surface area contributed by atoms with Gasteiger partial charge in [0.1, 0.15) is 0 Å².